The molecule has 7 heteroatoms. The van der Waals surface area contributed by atoms with Gasteiger partial charge in [-0.3, -0.25) is 19.3 Å². The van der Waals surface area contributed by atoms with Gasteiger partial charge in [0.1, 0.15) is 0 Å². The van der Waals surface area contributed by atoms with E-state index in [1.54, 1.807) is 6.07 Å². The molecule has 2 rings (SSSR count). The van der Waals surface area contributed by atoms with Gasteiger partial charge in [-0.05, 0) is 12.1 Å². The molecule has 0 aliphatic carbocycles. The fourth-order valence-electron chi connectivity index (χ4n) is 1.88. The van der Waals surface area contributed by atoms with Crippen LogP contribution in [0.3, 0.4) is 0 Å². The van der Waals surface area contributed by atoms with Crippen molar-refractivity contribution < 1.29 is 24.3 Å². The maximum Gasteiger partial charge on any atom is 0.377 e. The van der Waals surface area contributed by atoms with E-state index in [0.717, 1.165) is 4.90 Å². The summed E-state index contributed by atoms with van der Waals surface area (Å²) in [6, 6.07) is 5.87. The fraction of sp³-hybridized carbons (Fsp3) is 0.231. The fourth-order valence-corrected chi connectivity index (χ4v) is 1.88. The van der Waals surface area contributed by atoms with E-state index in [-0.39, 0.29) is 30.5 Å². The third-order valence-corrected chi connectivity index (χ3v) is 3.07. The molecule has 1 aliphatic rings. The zero-order valence-corrected chi connectivity index (χ0v) is 10.7. The molecule has 104 valence electrons. The number of carbonyl (C=O) groups is 4. The van der Waals surface area contributed by atoms with Gasteiger partial charge in [0.2, 0.25) is 11.8 Å². The topological polar surface area (TPSA) is 95.0 Å². The molecule has 0 spiro atoms. The Labute approximate surface area is 114 Å². The lowest BCUT2D eigenvalue weighted by Gasteiger charge is -2.32. The van der Waals surface area contributed by atoms with Crippen molar-refractivity contribution in [2.24, 2.45) is 0 Å². The number of rotatable bonds is 3. The van der Waals surface area contributed by atoms with Crippen LogP contribution in [0.5, 0.6) is 0 Å². The van der Waals surface area contributed by atoms with E-state index in [2.05, 4.69) is 0 Å². The lowest BCUT2D eigenvalue weighted by atomic mass is 10.1. The van der Waals surface area contributed by atoms with Crippen molar-refractivity contribution in [3.8, 4) is 0 Å². The van der Waals surface area contributed by atoms with E-state index >= 15 is 0 Å². The maximum absolute atomic E-state index is 11.6. The second kappa shape index (κ2) is 5.12. The molecule has 1 aromatic rings. The summed E-state index contributed by atoms with van der Waals surface area (Å²) in [5, 5.41) is 8.68. The van der Waals surface area contributed by atoms with Crippen LogP contribution >= 0.6 is 0 Å². The van der Waals surface area contributed by atoms with Gasteiger partial charge in [-0.1, -0.05) is 12.1 Å². The number of carbonyl (C=O) groups excluding carboxylic acids is 3. The van der Waals surface area contributed by atoms with Crippen LogP contribution < -0.4 is 4.90 Å². The van der Waals surface area contributed by atoms with E-state index in [1.165, 1.54) is 30.1 Å². The third-order valence-electron chi connectivity index (χ3n) is 3.07. The molecule has 1 saturated heterocycles. The first-order valence-electron chi connectivity index (χ1n) is 5.82. The van der Waals surface area contributed by atoms with Crippen molar-refractivity contribution in [3.05, 3.63) is 29.8 Å². The van der Waals surface area contributed by atoms with E-state index in [1.807, 2.05) is 0 Å². The number of carboxylic acid groups (broad SMARTS) is 1. The van der Waals surface area contributed by atoms with Crippen LogP contribution in [0.25, 0.3) is 0 Å². The molecule has 0 atom stereocenters. The molecule has 1 aromatic carbocycles. The van der Waals surface area contributed by atoms with Gasteiger partial charge in [0.15, 0.2) is 0 Å². The summed E-state index contributed by atoms with van der Waals surface area (Å²) < 4.78 is 0. The molecule has 0 bridgehead atoms. The molecule has 1 fully saturated rings. The van der Waals surface area contributed by atoms with Gasteiger partial charge in [-0.25, -0.2) is 4.79 Å². The van der Waals surface area contributed by atoms with Crippen molar-refractivity contribution in [3.63, 3.8) is 0 Å². The number of aliphatic carboxylic acids is 1. The number of nitrogens with zero attached hydrogens (tertiary/aromatic N) is 2. The van der Waals surface area contributed by atoms with Crippen LogP contribution in [0.2, 0.25) is 0 Å². The summed E-state index contributed by atoms with van der Waals surface area (Å²) in [7, 11) is 1.41. The van der Waals surface area contributed by atoms with Gasteiger partial charge < -0.3 is 10.0 Å². The second-order valence-electron chi connectivity index (χ2n) is 4.39. The third kappa shape index (κ3) is 2.51. The predicted octanol–water partition coefficient (Wildman–Crippen LogP) is -0.241. The number of amides is 2. The van der Waals surface area contributed by atoms with Crippen LogP contribution in [0, 0.1) is 0 Å². The van der Waals surface area contributed by atoms with Crippen LogP contribution in [0.4, 0.5) is 5.69 Å². The lowest BCUT2D eigenvalue weighted by molar-refractivity contribution is -0.143. The first kappa shape index (κ1) is 13.7. The molecule has 1 N–H and O–H groups in total. The number of carboxylic acids is 1. The Morgan fingerprint density at radius 1 is 1.15 bits per heavy atom. The molecular weight excluding hydrogens is 264 g/mol. The predicted molar refractivity (Wildman–Crippen MR) is 68.4 cm³/mol. The minimum atomic E-state index is -1.55. The highest BCUT2D eigenvalue weighted by molar-refractivity contribution is 6.40. The number of likely N-dealkylation sites (N-methyl/N-ethyl adjacent to an activating group) is 1. The van der Waals surface area contributed by atoms with Crippen molar-refractivity contribution in [2.75, 3.05) is 25.0 Å². The van der Waals surface area contributed by atoms with Gasteiger partial charge >= 0.3 is 5.97 Å². The largest absolute Gasteiger partial charge is 0.475 e. The highest BCUT2D eigenvalue weighted by Gasteiger charge is 2.28. The van der Waals surface area contributed by atoms with Gasteiger partial charge in [0.25, 0.3) is 5.78 Å². The monoisotopic (exact) mass is 276 g/mol. The van der Waals surface area contributed by atoms with Crippen LogP contribution in [0.15, 0.2) is 24.3 Å². The number of hydrogen-bond acceptors (Lipinski definition) is 5. The van der Waals surface area contributed by atoms with Crippen molar-refractivity contribution in [1.29, 1.82) is 0 Å². The van der Waals surface area contributed by atoms with Crippen LogP contribution in [-0.4, -0.2) is 53.7 Å². The molecule has 0 radical (unpaired) electrons. The normalized spacial score (nSPS) is 15.4. The smallest absolute Gasteiger partial charge is 0.377 e. The maximum atomic E-state index is 11.6. The minimum Gasteiger partial charge on any atom is -0.475 e. The Balaban J connectivity index is 2.28. The summed E-state index contributed by atoms with van der Waals surface area (Å²) in [5.41, 5.74) is 0.473. The van der Waals surface area contributed by atoms with Crippen LogP contribution in [-0.2, 0) is 14.4 Å². The average Bonchev–Trinajstić information content (AvgIpc) is 2.43. The first-order valence-corrected chi connectivity index (χ1v) is 5.82. The van der Waals surface area contributed by atoms with Gasteiger partial charge in [-0.2, -0.15) is 0 Å². The molecule has 20 heavy (non-hydrogen) atoms. The summed E-state index contributed by atoms with van der Waals surface area (Å²) in [5.74, 6) is -3.28. The molecular formula is C13H12N2O5. The van der Waals surface area contributed by atoms with Crippen LogP contribution in [0.1, 0.15) is 10.4 Å². The highest BCUT2D eigenvalue weighted by Crippen LogP contribution is 2.19. The Morgan fingerprint density at radius 2 is 1.75 bits per heavy atom. The average molecular weight is 276 g/mol. The lowest BCUT2D eigenvalue weighted by Crippen LogP contribution is -2.52. The van der Waals surface area contributed by atoms with E-state index in [4.69, 9.17) is 5.11 Å². The SMILES string of the molecule is CN1C(=O)CN(c2cccc(C(=O)C(=O)O)c2)CC1=O. The number of hydrogen-bond donors (Lipinski definition) is 1. The minimum absolute atomic E-state index is 0.00690. The number of Topliss-reactive ketones (excluding diaryl/α,β-unsaturated/α-hetero) is 1. The van der Waals surface area contributed by atoms with E-state index in [0.29, 0.717) is 5.69 Å². The number of piperazine rings is 1. The summed E-state index contributed by atoms with van der Waals surface area (Å²) in [6.07, 6.45) is 0. The van der Waals surface area contributed by atoms with Crippen molar-refractivity contribution in [2.45, 2.75) is 0 Å². The number of anilines is 1. The van der Waals surface area contributed by atoms with Gasteiger partial charge in [-0.15, -0.1) is 0 Å². The Hall–Kier alpha value is -2.70. The zero-order valence-electron chi connectivity index (χ0n) is 10.7. The Morgan fingerprint density at radius 3 is 2.30 bits per heavy atom. The first-order chi connectivity index (χ1) is 9.40. The van der Waals surface area contributed by atoms with E-state index in [9.17, 15) is 19.2 Å². The quantitative estimate of drug-likeness (QED) is 0.465. The van der Waals surface area contributed by atoms with Crippen molar-refractivity contribution >= 4 is 29.3 Å². The Bertz CT molecular complexity index is 593. The molecule has 0 unspecified atom stereocenters. The van der Waals surface area contributed by atoms with E-state index < -0.39 is 11.8 Å². The standard InChI is InChI=1S/C13H12N2O5/c1-14-10(16)6-15(7-11(14)17)9-4-2-3-8(5-9)12(18)13(19)20/h2-5H,6-7H2,1H3,(H,19,20). The molecule has 1 aliphatic heterocycles. The molecule has 7 nitrogen and oxygen atoms in total. The number of benzene rings is 1. The van der Waals surface area contributed by atoms with Gasteiger partial charge in [0, 0.05) is 18.3 Å². The molecule has 0 aromatic heterocycles. The molecule has 0 saturated carbocycles. The van der Waals surface area contributed by atoms with Gasteiger partial charge in [0.05, 0.1) is 13.1 Å². The number of imide groups is 1. The second-order valence-corrected chi connectivity index (χ2v) is 4.39. The Kier molecular flexibility index (Phi) is 3.51. The molecule has 1 heterocycles. The van der Waals surface area contributed by atoms with Crippen molar-refractivity contribution in [1.82, 2.24) is 4.90 Å². The summed E-state index contributed by atoms with van der Waals surface area (Å²) in [6.45, 7) is 0.0138. The molecule has 2 amide bonds. The highest BCUT2D eigenvalue weighted by atomic mass is 16.4. The summed E-state index contributed by atoms with van der Waals surface area (Å²) >= 11 is 0. The zero-order chi connectivity index (χ0) is 14.9. The summed E-state index contributed by atoms with van der Waals surface area (Å²) in [4.78, 5) is 47.8. The number of ketones is 1.